The summed E-state index contributed by atoms with van der Waals surface area (Å²) in [7, 11) is 0. The molecular formula is C21H23N2OY+. The van der Waals surface area contributed by atoms with Crippen LogP contribution in [0.3, 0.4) is 0 Å². The quantitative estimate of drug-likeness (QED) is 0.575. The average Bonchev–Trinajstić information content (AvgIpc) is 2.99. The number of hydrogen-bond acceptors (Lipinski definition) is 1. The summed E-state index contributed by atoms with van der Waals surface area (Å²) in [5.41, 5.74) is 4.76. The molecule has 25 heavy (non-hydrogen) atoms. The van der Waals surface area contributed by atoms with Crippen molar-refractivity contribution in [2.24, 2.45) is 0 Å². The SMILES string of the molecule is Cc1cccc(C)c1CC(=O)Cn1ccc[n+]1Cc1ccccc1.[Y]. The first-order chi connectivity index (χ1) is 11.6. The van der Waals surface area contributed by atoms with E-state index in [0.29, 0.717) is 13.0 Å². The summed E-state index contributed by atoms with van der Waals surface area (Å²) >= 11 is 0. The molecule has 0 spiro atoms. The Morgan fingerprint density at radius 1 is 0.960 bits per heavy atom. The van der Waals surface area contributed by atoms with Crippen LogP contribution in [0.15, 0.2) is 67.0 Å². The molecular weight excluding hydrogens is 385 g/mol. The molecule has 0 aliphatic carbocycles. The van der Waals surface area contributed by atoms with Crippen molar-refractivity contribution in [3.05, 3.63) is 89.2 Å². The number of aromatic nitrogens is 2. The summed E-state index contributed by atoms with van der Waals surface area (Å²) in [6, 6.07) is 18.5. The summed E-state index contributed by atoms with van der Waals surface area (Å²) in [6.45, 7) is 5.31. The van der Waals surface area contributed by atoms with Crippen LogP contribution in [0, 0.1) is 13.8 Å². The molecule has 1 heterocycles. The molecule has 0 atom stereocenters. The van der Waals surface area contributed by atoms with Crippen LogP contribution < -0.4 is 4.68 Å². The van der Waals surface area contributed by atoms with Crippen molar-refractivity contribution in [2.45, 2.75) is 33.4 Å². The van der Waals surface area contributed by atoms with Crippen LogP contribution in [0.2, 0.25) is 0 Å². The van der Waals surface area contributed by atoms with Crippen LogP contribution in [0.25, 0.3) is 0 Å². The van der Waals surface area contributed by atoms with Gasteiger partial charge in [0, 0.05) is 50.8 Å². The van der Waals surface area contributed by atoms with Crippen molar-refractivity contribution in [3.8, 4) is 0 Å². The monoisotopic (exact) mass is 408 g/mol. The van der Waals surface area contributed by atoms with Gasteiger partial charge >= 0.3 is 0 Å². The molecule has 0 saturated heterocycles. The molecule has 0 amide bonds. The Kier molecular flexibility index (Phi) is 7.28. The van der Waals surface area contributed by atoms with Gasteiger partial charge in [-0.15, -0.1) is 4.68 Å². The zero-order valence-corrected chi connectivity index (χ0v) is 17.7. The van der Waals surface area contributed by atoms with Gasteiger partial charge in [-0.1, -0.05) is 48.5 Å². The van der Waals surface area contributed by atoms with E-state index in [2.05, 4.69) is 42.8 Å². The Labute approximate surface area is 174 Å². The maximum atomic E-state index is 12.6. The third-order valence-electron chi connectivity index (χ3n) is 4.39. The molecule has 0 fully saturated rings. The number of rotatable bonds is 6. The fourth-order valence-corrected chi connectivity index (χ4v) is 3.03. The molecule has 0 unspecified atom stereocenters. The number of nitrogens with zero attached hydrogens (tertiary/aromatic N) is 2. The number of benzene rings is 2. The second kappa shape index (κ2) is 9.21. The third kappa shape index (κ3) is 5.20. The van der Waals surface area contributed by atoms with Crippen molar-refractivity contribution in [2.75, 3.05) is 0 Å². The normalized spacial score (nSPS) is 10.3. The molecule has 4 heteroatoms. The van der Waals surface area contributed by atoms with Gasteiger partial charge < -0.3 is 0 Å². The van der Waals surface area contributed by atoms with Gasteiger partial charge in [0.05, 0.1) is 6.20 Å². The Balaban J connectivity index is 0.00000225. The number of carbonyl (C=O) groups is 1. The minimum Gasteiger partial charge on any atom is -0.297 e. The molecule has 3 rings (SSSR count). The smallest absolute Gasteiger partial charge is 0.197 e. The van der Waals surface area contributed by atoms with E-state index >= 15 is 0 Å². The van der Waals surface area contributed by atoms with E-state index in [-0.39, 0.29) is 38.5 Å². The van der Waals surface area contributed by atoms with E-state index in [0.717, 1.165) is 12.1 Å². The molecule has 0 aliphatic heterocycles. The van der Waals surface area contributed by atoms with E-state index in [9.17, 15) is 4.79 Å². The summed E-state index contributed by atoms with van der Waals surface area (Å²) in [4.78, 5) is 12.6. The number of carbonyl (C=O) groups excluding carboxylic acids is 1. The second-order valence-electron chi connectivity index (χ2n) is 6.26. The Hall–Kier alpha value is -1.58. The van der Waals surface area contributed by atoms with Crippen molar-refractivity contribution in [3.63, 3.8) is 0 Å². The maximum absolute atomic E-state index is 12.6. The number of hydrogen-bond donors (Lipinski definition) is 0. The van der Waals surface area contributed by atoms with E-state index in [4.69, 9.17) is 0 Å². The minimum absolute atomic E-state index is 0. The van der Waals surface area contributed by atoms with Crippen LogP contribution in [0.4, 0.5) is 0 Å². The van der Waals surface area contributed by atoms with Crippen LogP contribution in [-0.4, -0.2) is 10.5 Å². The van der Waals surface area contributed by atoms with Gasteiger partial charge in [-0.05, 0) is 30.5 Å². The molecule has 1 aromatic heterocycles. The number of ketones is 1. The first-order valence-corrected chi connectivity index (χ1v) is 8.29. The largest absolute Gasteiger partial charge is 0.297 e. The molecule has 0 saturated carbocycles. The molecule has 0 aliphatic rings. The van der Waals surface area contributed by atoms with Crippen LogP contribution in [0.1, 0.15) is 22.3 Å². The fraction of sp³-hybridized carbons (Fsp3) is 0.238. The molecule has 3 aromatic rings. The first kappa shape index (κ1) is 19.7. The maximum Gasteiger partial charge on any atom is 0.197 e. The number of aryl methyl sites for hydroxylation is 2. The van der Waals surface area contributed by atoms with Gasteiger partial charge in [0.15, 0.2) is 18.5 Å². The van der Waals surface area contributed by atoms with E-state index in [1.54, 1.807) is 0 Å². The zero-order valence-electron chi connectivity index (χ0n) is 14.9. The third-order valence-corrected chi connectivity index (χ3v) is 4.39. The van der Waals surface area contributed by atoms with Crippen LogP contribution in [-0.2, 0) is 57.0 Å². The van der Waals surface area contributed by atoms with Crippen molar-refractivity contribution >= 4 is 5.78 Å². The fourth-order valence-electron chi connectivity index (χ4n) is 3.03. The summed E-state index contributed by atoms with van der Waals surface area (Å²) in [6.07, 6.45) is 4.47. The molecule has 3 nitrogen and oxygen atoms in total. The number of Topliss-reactive ketones (excluding diaryl/α,β-unsaturated/α-hetero) is 1. The van der Waals surface area contributed by atoms with E-state index in [1.807, 2.05) is 47.4 Å². The predicted molar refractivity (Wildman–Crippen MR) is 94.8 cm³/mol. The average molecular weight is 408 g/mol. The summed E-state index contributed by atoms with van der Waals surface area (Å²) in [5, 5.41) is 0. The van der Waals surface area contributed by atoms with Gasteiger partial charge in [-0.3, -0.25) is 4.79 Å². The van der Waals surface area contributed by atoms with Gasteiger partial charge in [0.1, 0.15) is 6.54 Å². The van der Waals surface area contributed by atoms with Crippen molar-refractivity contribution in [1.29, 1.82) is 0 Å². The first-order valence-electron chi connectivity index (χ1n) is 8.29. The molecule has 2 aromatic carbocycles. The molecule has 0 bridgehead atoms. The van der Waals surface area contributed by atoms with Gasteiger partial charge in [-0.25, -0.2) is 0 Å². The Bertz CT molecular complexity index is 820. The van der Waals surface area contributed by atoms with Gasteiger partial charge in [-0.2, -0.15) is 4.68 Å². The zero-order chi connectivity index (χ0) is 16.9. The summed E-state index contributed by atoms with van der Waals surface area (Å²) < 4.78 is 4.07. The minimum atomic E-state index is 0. The second-order valence-corrected chi connectivity index (χ2v) is 6.26. The van der Waals surface area contributed by atoms with Gasteiger partial charge in [0.25, 0.3) is 0 Å². The van der Waals surface area contributed by atoms with Crippen LogP contribution in [0.5, 0.6) is 0 Å². The molecule has 125 valence electrons. The summed E-state index contributed by atoms with van der Waals surface area (Å²) in [5.74, 6) is 0.227. The van der Waals surface area contributed by atoms with Crippen LogP contribution >= 0.6 is 0 Å². The standard InChI is InChI=1S/C21H23N2O.Y/c1-17-8-6-9-18(2)21(17)14-20(24)16-23-13-7-12-22(23)15-19-10-4-3-5-11-19;/h3-13H,14-16H2,1-2H3;/q+1;. The van der Waals surface area contributed by atoms with Gasteiger partial charge in [0.2, 0.25) is 0 Å². The van der Waals surface area contributed by atoms with E-state index in [1.165, 1.54) is 16.7 Å². The van der Waals surface area contributed by atoms with Crippen molar-refractivity contribution in [1.82, 2.24) is 4.68 Å². The topological polar surface area (TPSA) is 25.9 Å². The molecule has 1 radical (unpaired) electrons. The van der Waals surface area contributed by atoms with Crippen molar-refractivity contribution < 1.29 is 42.2 Å². The molecule has 0 N–H and O–H groups in total. The predicted octanol–water partition coefficient (Wildman–Crippen LogP) is 3.25. The Morgan fingerprint density at radius 2 is 1.64 bits per heavy atom. The van der Waals surface area contributed by atoms with E-state index < -0.39 is 0 Å². The Morgan fingerprint density at radius 3 is 2.32 bits per heavy atom.